The number of pyridine rings is 1. The van der Waals surface area contributed by atoms with Gasteiger partial charge < -0.3 is 15.1 Å². The first kappa shape index (κ1) is 33.7. The number of halogens is 3. The average molecular weight is 576 g/mol. The zero-order chi connectivity index (χ0) is 30.3. The second-order valence-electron chi connectivity index (χ2n) is 10.8. The molecular formula is C26H36F3N3O6S. The summed E-state index contributed by atoms with van der Waals surface area (Å²) in [7, 11) is -3.89. The van der Waals surface area contributed by atoms with Gasteiger partial charge in [-0.15, -0.1) is 0 Å². The predicted molar refractivity (Wildman–Crippen MR) is 143 cm³/mol. The van der Waals surface area contributed by atoms with E-state index in [-0.39, 0.29) is 21.6 Å². The molecule has 39 heavy (non-hydrogen) atoms. The van der Waals surface area contributed by atoms with Crippen molar-refractivity contribution in [2.24, 2.45) is 11.8 Å². The summed E-state index contributed by atoms with van der Waals surface area (Å²) in [4.78, 5) is 27.3. The molecule has 2 aromatic rings. The molecule has 0 fully saturated rings. The number of aromatic carboxylic acids is 1. The van der Waals surface area contributed by atoms with Crippen LogP contribution in [-0.2, 0) is 20.2 Å². The van der Waals surface area contributed by atoms with Crippen molar-refractivity contribution in [2.75, 3.05) is 22.7 Å². The highest BCUT2D eigenvalue weighted by Gasteiger charge is 2.38. The van der Waals surface area contributed by atoms with Gasteiger partial charge in [-0.2, -0.15) is 13.2 Å². The van der Waals surface area contributed by atoms with Crippen molar-refractivity contribution in [3.8, 4) is 0 Å². The normalized spacial score (nSPS) is 12.1. The molecule has 0 atom stereocenters. The number of aromatic nitrogens is 1. The van der Waals surface area contributed by atoms with Crippen molar-refractivity contribution in [1.82, 2.24) is 4.98 Å². The Hall–Kier alpha value is -3.35. The molecule has 1 aromatic heterocycles. The van der Waals surface area contributed by atoms with Crippen molar-refractivity contribution in [3.63, 3.8) is 0 Å². The molecular weight excluding hydrogens is 539 g/mol. The van der Waals surface area contributed by atoms with Crippen LogP contribution in [0.15, 0.2) is 41.4 Å². The van der Waals surface area contributed by atoms with Crippen LogP contribution in [0.2, 0.25) is 0 Å². The van der Waals surface area contributed by atoms with Gasteiger partial charge >= 0.3 is 18.1 Å². The number of aliphatic carboxylic acids is 1. The van der Waals surface area contributed by atoms with Gasteiger partial charge in [-0.3, -0.25) is 4.72 Å². The van der Waals surface area contributed by atoms with E-state index in [4.69, 9.17) is 9.90 Å². The molecule has 0 aliphatic heterocycles. The maximum atomic E-state index is 12.9. The summed E-state index contributed by atoms with van der Waals surface area (Å²) in [5.74, 6) is -2.94. The fraction of sp³-hybridized carbons (Fsp3) is 0.500. The smallest absolute Gasteiger partial charge is 0.478 e. The molecule has 0 aliphatic carbocycles. The number of nitrogens with zero attached hydrogens (tertiary/aromatic N) is 2. The van der Waals surface area contributed by atoms with Crippen LogP contribution < -0.4 is 9.62 Å². The molecule has 0 bridgehead atoms. The second kappa shape index (κ2) is 13.1. The third-order valence-corrected chi connectivity index (χ3v) is 6.49. The number of carboxylic acids is 2. The number of alkyl halides is 3. The van der Waals surface area contributed by atoms with Crippen LogP contribution in [0.5, 0.6) is 0 Å². The van der Waals surface area contributed by atoms with Gasteiger partial charge in [0, 0.05) is 13.1 Å². The molecule has 9 nitrogen and oxygen atoms in total. The molecule has 0 unspecified atom stereocenters. The third-order valence-electron chi connectivity index (χ3n) is 5.09. The minimum Gasteiger partial charge on any atom is -0.478 e. The molecule has 0 aliphatic rings. The number of hydrogen-bond acceptors (Lipinski definition) is 6. The van der Waals surface area contributed by atoms with Crippen molar-refractivity contribution >= 4 is 33.5 Å². The zero-order valence-corrected chi connectivity index (χ0v) is 23.8. The fourth-order valence-corrected chi connectivity index (χ4v) is 4.43. The minimum absolute atomic E-state index is 0.0328. The Morgan fingerprint density at radius 3 is 1.79 bits per heavy atom. The molecule has 3 N–H and O–H groups in total. The van der Waals surface area contributed by atoms with Crippen LogP contribution in [0.25, 0.3) is 0 Å². The van der Waals surface area contributed by atoms with Gasteiger partial charge in [-0.25, -0.2) is 23.0 Å². The number of carbonyl (C=O) groups is 2. The quantitative estimate of drug-likeness (QED) is 0.350. The van der Waals surface area contributed by atoms with E-state index in [1.807, 2.05) is 4.90 Å². The first-order valence-corrected chi connectivity index (χ1v) is 13.5. The summed E-state index contributed by atoms with van der Waals surface area (Å²) >= 11 is 0. The Labute approximate surface area is 227 Å². The highest BCUT2D eigenvalue weighted by Crippen LogP contribution is 2.27. The van der Waals surface area contributed by atoms with E-state index in [1.54, 1.807) is 24.3 Å². The molecule has 13 heteroatoms. The highest BCUT2D eigenvalue weighted by molar-refractivity contribution is 7.92. The Morgan fingerprint density at radius 2 is 1.44 bits per heavy atom. The predicted octanol–water partition coefficient (Wildman–Crippen LogP) is 5.63. The van der Waals surface area contributed by atoms with Crippen LogP contribution in [0.4, 0.5) is 24.7 Å². The van der Waals surface area contributed by atoms with Crippen molar-refractivity contribution in [3.05, 3.63) is 47.7 Å². The maximum absolute atomic E-state index is 12.9. The molecule has 2 rings (SSSR count). The maximum Gasteiger partial charge on any atom is 0.490 e. The lowest BCUT2D eigenvalue weighted by atomic mass is 9.87. The second-order valence-corrected chi connectivity index (χ2v) is 12.5. The van der Waals surface area contributed by atoms with Gasteiger partial charge in [0.25, 0.3) is 10.0 Å². The number of sulfonamides is 1. The van der Waals surface area contributed by atoms with Crippen LogP contribution in [0.1, 0.15) is 64.4 Å². The van der Waals surface area contributed by atoms with Crippen molar-refractivity contribution in [2.45, 2.75) is 65.0 Å². The molecule has 0 amide bonds. The standard InChI is InChI=1S/C24H35N3O4S.C2HF3O2/c1-16(2)14-27(15-17(3)4)22-21(23(28)29)12-19(13-25-22)26-32(30,31)20-10-8-18(9-11-20)24(5,6)7;3-2(4,5)1(6)7/h8-13,16-17,26H,14-15H2,1-7H3,(H,28,29);(H,6,7). The van der Waals surface area contributed by atoms with Gasteiger partial charge in [-0.05, 0) is 41.0 Å². The highest BCUT2D eigenvalue weighted by atomic mass is 32.2. The number of carboxylic acid groups (broad SMARTS) is 2. The SMILES string of the molecule is CC(C)CN(CC(C)C)c1ncc(NS(=O)(=O)c2ccc(C(C)(C)C)cc2)cc1C(=O)O.O=C(O)C(F)(F)F. The zero-order valence-electron chi connectivity index (χ0n) is 23.0. The minimum atomic E-state index is -5.08. The summed E-state index contributed by atoms with van der Waals surface area (Å²) in [6, 6.07) is 8.01. The third kappa shape index (κ3) is 10.7. The van der Waals surface area contributed by atoms with E-state index in [2.05, 4.69) is 58.2 Å². The van der Waals surface area contributed by atoms with Crippen LogP contribution >= 0.6 is 0 Å². The Bertz CT molecular complexity index is 1230. The first-order valence-electron chi connectivity index (χ1n) is 12.1. The number of benzene rings is 1. The van der Waals surface area contributed by atoms with E-state index < -0.39 is 28.1 Å². The van der Waals surface area contributed by atoms with E-state index in [0.29, 0.717) is 30.7 Å². The fourth-order valence-electron chi connectivity index (χ4n) is 3.40. The van der Waals surface area contributed by atoms with E-state index in [9.17, 15) is 31.5 Å². The molecule has 1 aromatic carbocycles. The summed E-state index contributed by atoms with van der Waals surface area (Å²) in [5, 5.41) is 16.9. The van der Waals surface area contributed by atoms with Crippen molar-refractivity contribution < 1.29 is 41.4 Å². The first-order chi connectivity index (χ1) is 17.6. The van der Waals surface area contributed by atoms with Crippen LogP contribution in [0.3, 0.4) is 0 Å². The summed E-state index contributed by atoms with van der Waals surface area (Å²) in [6.07, 6.45) is -3.71. The Kier molecular flexibility index (Phi) is 11.3. The van der Waals surface area contributed by atoms with E-state index in [0.717, 1.165) is 5.56 Å². The monoisotopic (exact) mass is 575 g/mol. The van der Waals surface area contributed by atoms with Gasteiger partial charge in [0.05, 0.1) is 16.8 Å². The van der Waals surface area contributed by atoms with Crippen molar-refractivity contribution in [1.29, 1.82) is 0 Å². The molecule has 0 radical (unpaired) electrons. The van der Waals surface area contributed by atoms with Crippen LogP contribution in [-0.4, -0.2) is 54.8 Å². The summed E-state index contributed by atoms with van der Waals surface area (Å²) < 4.78 is 59.9. The molecule has 218 valence electrons. The number of hydrogen-bond donors (Lipinski definition) is 3. The lowest BCUT2D eigenvalue weighted by molar-refractivity contribution is -0.192. The van der Waals surface area contributed by atoms with Gasteiger partial charge in [0.15, 0.2) is 0 Å². The van der Waals surface area contributed by atoms with Crippen LogP contribution in [0, 0.1) is 11.8 Å². The van der Waals surface area contributed by atoms with E-state index in [1.165, 1.54) is 12.3 Å². The lowest BCUT2D eigenvalue weighted by Crippen LogP contribution is -2.33. The van der Waals surface area contributed by atoms with Gasteiger partial charge in [-0.1, -0.05) is 60.6 Å². The summed E-state index contributed by atoms with van der Waals surface area (Å²) in [6.45, 7) is 15.7. The van der Waals surface area contributed by atoms with E-state index >= 15 is 0 Å². The largest absolute Gasteiger partial charge is 0.490 e. The summed E-state index contributed by atoms with van der Waals surface area (Å²) in [5.41, 5.74) is 1.00. The molecule has 0 saturated heterocycles. The molecule has 0 saturated carbocycles. The average Bonchev–Trinajstić information content (AvgIpc) is 2.77. The topological polar surface area (TPSA) is 137 Å². The number of anilines is 2. The molecule has 0 spiro atoms. The Balaban J connectivity index is 0.000000956. The molecule has 1 heterocycles. The number of nitrogens with one attached hydrogen (secondary N) is 1. The van der Waals surface area contributed by atoms with Gasteiger partial charge in [0.2, 0.25) is 0 Å². The lowest BCUT2D eigenvalue weighted by Gasteiger charge is -2.28. The Morgan fingerprint density at radius 1 is 0.974 bits per heavy atom. The van der Waals surface area contributed by atoms with Gasteiger partial charge in [0.1, 0.15) is 11.4 Å². The number of rotatable bonds is 9.